The van der Waals surface area contributed by atoms with Crippen molar-refractivity contribution in [3.63, 3.8) is 0 Å². The normalized spacial score (nSPS) is 23.8. The molecule has 25 heavy (non-hydrogen) atoms. The van der Waals surface area contributed by atoms with Crippen LogP contribution in [0.15, 0.2) is 41.2 Å². The van der Waals surface area contributed by atoms with Gasteiger partial charge in [-0.25, -0.2) is 17.7 Å². The SMILES string of the molecule is O=C(c1cscn1)N1CC2CN(S(=O)(=O)Cc3ccccc3)CC2C1. The summed E-state index contributed by atoms with van der Waals surface area (Å²) >= 11 is 1.41. The summed E-state index contributed by atoms with van der Waals surface area (Å²) in [5.41, 5.74) is 2.94. The number of carbonyl (C=O) groups is 1. The Hall–Kier alpha value is -1.77. The van der Waals surface area contributed by atoms with Crippen molar-refractivity contribution < 1.29 is 13.2 Å². The van der Waals surface area contributed by atoms with Crippen molar-refractivity contribution in [1.82, 2.24) is 14.2 Å². The Morgan fingerprint density at radius 1 is 1.12 bits per heavy atom. The van der Waals surface area contributed by atoms with E-state index in [0.717, 1.165) is 5.56 Å². The van der Waals surface area contributed by atoms with E-state index in [1.807, 2.05) is 35.2 Å². The number of hydrogen-bond acceptors (Lipinski definition) is 5. The second kappa shape index (κ2) is 6.51. The smallest absolute Gasteiger partial charge is 0.273 e. The van der Waals surface area contributed by atoms with Crippen LogP contribution in [0.2, 0.25) is 0 Å². The third-order valence-corrected chi connectivity index (χ3v) is 7.35. The molecule has 2 saturated heterocycles. The van der Waals surface area contributed by atoms with Crippen molar-refractivity contribution in [2.45, 2.75) is 5.75 Å². The summed E-state index contributed by atoms with van der Waals surface area (Å²) in [7, 11) is -3.32. The summed E-state index contributed by atoms with van der Waals surface area (Å²) in [5.74, 6) is 0.421. The van der Waals surface area contributed by atoms with Gasteiger partial charge in [-0.1, -0.05) is 30.3 Å². The molecule has 2 atom stereocenters. The maximum absolute atomic E-state index is 12.7. The van der Waals surface area contributed by atoms with Crippen molar-refractivity contribution in [2.24, 2.45) is 11.8 Å². The lowest BCUT2D eigenvalue weighted by Gasteiger charge is -2.21. The molecule has 0 aliphatic carbocycles. The van der Waals surface area contributed by atoms with Gasteiger partial charge in [-0.3, -0.25) is 4.79 Å². The number of carbonyl (C=O) groups excluding carboxylic acids is 1. The number of benzene rings is 1. The highest BCUT2D eigenvalue weighted by Crippen LogP contribution is 2.33. The molecule has 2 aliphatic rings. The highest BCUT2D eigenvalue weighted by atomic mass is 32.2. The molecule has 2 aliphatic heterocycles. The van der Waals surface area contributed by atoms with Gasteiger partial charge in [-0.05, 0) is 17.4 Å². The van der Waals surface area contributed by atoms with E-state index in [0.29, 0.717) is 31.9 Å². The number of sulfonamides is 1. The van der Waals surface area contributed by atoms with Crippen LogP contribution >= 0.6 is 11.3 Å². The lowest BCUT2D eigenvalue weighted by atomic mass is 10.0. The summed E-state index contributed by atoms with van der Waals surface area (Å²) in [6.07, 6.45) is 0. The van der Waals surface area contributed by atoms with E-state index in [1.165, 1.54) is 11.3 Å². The number of thiazole rings is 1. The van der Waals surface area contributed by atoms with Gasteiger partial charge in [-0.2, -0.15) is 0 Å². The molecule has 1 amide bonds. The molecule has 0 bridgehead atoms. The second-order valence-electron chi connectivity index (χ2n) is 6.66. The molecule has 132 valence electrons. The van der Waals surface area contributed by atoms with Crippen molar-refractivity contribution in [2.75, 3.05) is 26.2 Å². The Kier molecular flexibility index (Phi) is 4.35. The van der Waals surface area contributed by atoms with Gasteiger partial charge in [0, 0.05) is 31.6 Å². The van der Waals surface area contributed by atoms with Crippen LogP contribution in [0, 0.1) is 11.8 Å². The van der Waals surface area contributed by atoms with Gasteiger partial charge < -0.3 is 4.90 Å². The fraction of sp³-hybridized carbons (Fsp3) is 0.412. The lowest BCUT2D eigenvalue weighted by molar-refractivity contribution is 0.0774. The summed E-state index contributed by atoms with van der Waals surface area (Å²) in [4.78, 5) is 18.3. The molecule has 3 heterocycles. The number of amides is 1. The minimum Gasteiger partial charge on any atom is -0.337 e. The molecule has 0 radical (unpaired) electrons. The molecule has 1 aromatic heterocycles. The molecule has 0 spiro atoms. The molecule has 8 heteroatoms. The standard InChI is InChI=1S/C17H19N3O3S2/c21-17(16-10-24-12-18-16)19-6-14-8-20(9-15(14)7-19)25(22,23)11-13-4-2-1-3-5-13/h1-5,10,12,14-15H,6-9,11H2. The average Bonchev–Trinajstić information content (AvgIpc) is 3.30. The molecular weight excluding hydrogens is 358 g/mol. The van der Waals surface area contributed by atoms with Gasteiger partial charge >= 0.3 is 0 Å². The number of fused-ring (bicyclic) bond motifs is 1. The van der Waals surface area contributed by atoms with Crippen LogP contribution < -0.4 is 0 Å². The fourth-order valence-electron chi connectivity index (χ4n) is 3.70. The first-order valence-corrected chi connectivity index (χ1v) is 10.8. The molecule has 0 saturated carbocycles. The van der Waals surface area contributed by atoms with E-state index < -0.39 is 10.0 Å². The Morgan fingerprint density at radius 3 is 2.40 bits per heavy atom. The van der Waals surface area contributed by atoms with Gasteiger partial charge in [0.15, 0.2) is 0 Å². The number of rotatable bonds is 4. The van der Waals surface area contributed by atoms with E-state index in [-0.39, 0.29) is 23.5 Å². The molecular formula is C17H19N3O3S2. The van der Waals surface area contributed by atoms with Gasteiger partial charge in [0.2, 0.25) is 10.0 Å². The maximum Gasteiger partial charge on any atom is 0.273 e. The van der Waals surface area contributed by atoms with E-state index in [2.05, 4.69) is 4.98 Å². The maximum atomic E-state index is 12.7. The van der Waals surface area contributed by atoms with Gasteiger partial charge in [0.05, 0.1) is 11.3 Å². The van der Waals surface area contributed by atoms with E-state index in [4.69, 9.17) is 0 Å². The Bertz CT molecular complexity index is 839. The molecule has 6 nitrogen and oxygen atoms in total. The van der Waals surface area contributed by atoms with Gasteiger partial charge in [0.25, 0.3) is 5.91 Å². The van der Waals surface area contributed by atoms with Crippen LogP contribution in [-0.2, 0) is 15.8 Å². The third-order valence-electron chi connectivity index (χ3n) is 4.98. The number of likely N-dealkylation sites (tertiary alicyclic amines) is 1. The number of aromatic nitrogens is 1. The van der Waals surface area contributed by atoms with E-state index >= 15 is 0 Å². The van der Waals surface area contributed by atoms with Crippen LogP contribution in [0.3, 0.4) is 0 Å². The Balaban J connectivity index is 1.40. The van der Waals surface area contributed by atoms with Crippen molar-refractivity contribution in [3.05, 3.63) is 52.5 Å². The van der Waals surface area contributed by atoms with E-state index in [1.54, 1.807) is 15.2 Å². The van der Waals surface area contributed by atoms with Crippen molar-refractivity contribution in [3.8, 4) is 0 Å². The van der Waals surface area contributed by atoms with E-state index in [9.17, 15) is 13.2 Å². The third kappa shape index (κ3) is 3.33. The highest BCUT2D eigenvalue weighted by Gasteiger charge is 2.45. The molecule has 2 fully saturated rings. The molecule has 1 aromatic carbocycles. The summed E-state index contributed by atoms with van der Waals surface area (Å²) < 4.78 is 26.9. The first-order chi connectivity index (χ1) is 12.0. The molecule has 0 N–H and O–H groups in total. The highest BCUT2D eigenvalue weighted by molar-refractivity contribution is 7.88. The first kappa shape index (κ1) is 16.7. The minimum absolute atomic E-state index is 0.0365. The summed E-state index contributed by atoms with van der Waals surface area (Å²) in [5, 5.41) is 1.76. The quantitative estimate of drug-likeness (QED) is 0.813. The fourth-order valence-corrected chi connectivity index (χ4v) is 5.86. The van der Waals surface area contributed by atoms with Gasteiger partial charge in [0.1, 0.15) is 5.69 Å². The Morgan fingerprint density at radius 2 is 1.80 bits per heavy atom. The molecule has 2 aromatic rings. The topological polar surface area (TPSA) is 70.6 Å². The van der Waals surface area contributed by atoms with Crippen LogP contribution in [0.25, 0.3) is 0 Å². The number of hydrogen-bond donors (Lipinski definition) is 0. The second-order valence-corrected chi connectivity index (χ2v) is 9.35. The zero-order valence-electron chi connectivity index (χ0n) is 13.6. The molecule has 4 rings (SSSR count). The predicted molar refractivity (Wildman–Crippen MR) is 95.6 cm³/mol. The van der Waals surface area contributed by atoms with Crippen LogP contribution in [0.4, 0.5) is 0 Å². The monoisotopic (exact) mass is 377 g/mol. The predicted octanol–water partition coefficient (Wildman–Crippen LogP) is 1.68. The zero-order chi connectivity index (χ0) is 17.4. The largest absolute Gasteiger partial charge is 0.337 e. The van der Waals surface area contributed by atoms with Crippen LogP contribution in [0.1, 0.15) is 16.1 Å². The average molecular weight is 377 g/mol. The van der Waals surface area contributed by atoms with Crippen molar-refractivity contribution in [1.29, 1.82) is 0 Å². The molecule has 2 unspecified atom stereocenters. The van der Waals surface area contributed by atoms with Gasteiger partial charge in [-0.15, -0.1) is 11.3 Å². The van der Waals surface area contributed by atoms with Crippen LogP contribution in [-0.4, -0.2) is 54.7 Å². The first-order valence-electron chi connectivity index (χ1n) is 8.22. The number of nitrogens with zero attached hydrogens (tertiary/aromatic N) is 3. The Labute approximate surface area is 151 Å². The summed E-state index contributed by atoms with van der Waals surface area (Å²) in [6.45, 7) is 2.22. The minimum atomic E-state index is -3.32. The lowest BCUT2D eigenvalue weighted by Crippen LogP contribution is -2.36. The van der Waals surface area contributed by atoms with Crippen LogP contribution in [0.5, 0.6) is 0 Å². The summed E-state index contributed by atoms with van der Waals surface area (Å²) in [6, 6.07) is 9.26. The van der Waals surface area contributed by atoms with Crippen molar-refractivity contribution >= 4 is 27.3 Å². The zero-order valence-corrected chi connectivity index (χ0v) is 15.2.